The van der Waals surface area contributed by atoms with Crippen molar-refractivity contribution in [2.75, 3.05) is 6.61 Å². The Kier molecular flexibility index (Phi) is 9.73. The van der Waals surface area contributed by atoms with E-state index in [1.54, 1.807) is 18.2 Å². The molecular formula is C25H30O4. The SMILES string of the molecule is CC/C=C\C[C@H](O)/C=C/C=C\C=C\[C@@H](C)CCOc1ccc2ccc(=O)oc2c1. The molecule has 0 radical (unpaired) electrons. The van der Waals surface area contributed by atoms with Crippen LogP contribution in [0.2, 0.25) is 0 Å². The highest BCUT2D eigenvalue weighted by Gasteiger charge is 2.02. The molecule has 1 heterocycles. The third-order valence-electron chi connectivity index (χ3n) is 4.32. The quantitative estimate of drug-likeness (QED) is 0.307. The normalized spacial score (nSPS) is 14.6. The predicted octanol–water partition coefficient (Wildman–Crippen LogP) is 5.58. The summed E-state index contributed by atoms with van der Waals surface area (Å²) in [6.07, 6.45) is 17.8. The first kappa shape index (κ1) is 22.4. The number of hydrogen-bond acceptors (Lipinski definition) is 4. The summed E-state index contributed by atoms with van der Waals surface area (Å²) < 4.78 is 11.0. The van der Waals surface area contributed by atoms with Crippen molar-refractivity contribution in [2.45, 2.75) is 39.2 Å². The maximum Gasteiger partial charge on any atom is 0.336 e. The van der Waals surface area contributed by atoms with E-state index >= 15 is 0 Å². The molecule has 2 atom stereocenters. The zero-order valence-electron chi connectivity index (χ0n) is 17.2. The van der Waals surface area contributed by atoms with Crippen molar-refractivity contribution in [1.82, 2.24) is 0 Å². The molecule has 2 aromatic rings. The number of benzene rings is 1. The zero-order valence-corrected chi connectivity index (χ0v) is 17.2. The van der Waals surface area contributed by atoms with Gasteiger partial charge >= 0.3 is 5.63 Å². The molecule has 4 heteroatoms. The molecule has 0 saturated carbocycles. The van der Waals surface area contributed by atoms with Crippen molar-refractivity contribution in [3.63, 3.8) is 0 Å². The van der Waals surface area contributed by atoms with Crippen LogP contribution in [0, 0.1) is 5.92 Å². The van der Waals surface area contributed by atoms with E-state index in [1.807, 2.05) is 42.5 Å². The third kappa shape index (κ3) is 8.79. The fourth-order valence-electron chi connectivity index (χ4n) is 2.65. The van der Waals surface area contributed by atoms with Gasteiger partial charge in [0.25, 0.3) is 0 Å². The summed E-state index contributed by atoms with van der Waals surface area (Å²) in [5.41, 5.74) is 0.173. The first-order chi connectivity index (χ1) is 14.1. The lowest BCUT2D eigenvalue weighted by Gasteiger charge is -2.09. The minimum atomic E-state index is -0.439. The Balaban J connectivity index is 1.70. The van der Waals surface area contributed by atoms with Crippen LogP contribution in [0.3, 0.4) is 0 Å². The number of hydrogen-bond donors (Lipinski definition) is 1. The lowest BCUT2D eigenvalue weighted by Crippen LogP contribution is -2.02. The van der Waals surface area contributed by atoms with Gasteiger partial charge in [-0.15, -0.1) is 0 Å². The molecule has 0 spiro atoms. The fraction of sp³-hybridized carbons (Fsp3) is 0.320. The summed E-state index contributed by atoms with van der Waals surface area (Å²) in [7, 11) is 0. The standard InChI is InChI=1S/C25H30O4/c1-3-4-7-11-22(26)12-9-6-5-8-10-20(2)17-18-28-23-15-13-21-14-16-25(27)29-24(21)19-23/h4-10,12-16,19-20,22,26H,3,11,17-18H2,1-2H3/b6-5-,7-4-,10-8+,12-9+/t20-,22+/m1/s1. The van der Waals surface area contributed by atoms with Crippen molar-refractivity contribution in [3.05, 3.63) is 89.4 Å². The van der Waals surface area contributed by atoms with Crippen molar-refractivity contribution in [3.8, 4) is 5.75 Å². The van der Waals surface area contributed by atoms with Crippen LogP contribution in [0.1, 0.15) is 33.1 Å². The molecule has 0 aliphatic carbocycles. The number of aliphatic hydroxyl groups is 1. The predicted molar refractivity (Wildman–Crippen MR) is 119 cm³/mol. The van der Waals surface area contributed by atoms with E-state index in [2.05, 4.69) is 26.0 Å². The Morgan fingerprint density at radius 2 is 1.83 bits per heavy atom. The smallest absolute Gasteiger partial charge is 0.336 e. The van der Waals surface area contributed by atoms with Crippen molar-refractivity contribution < 1.29 is 14.3 Å². The van der Waals surface area contributed by atoms with Crippen LogP contribution in [-0.4, -0.2) is 17.8 Å². The van der Waals surface area contributed by atoms with Gasteiger partial charge in [0.2, 0.25) is 0 Å². The maximum atomic E-state index is 11.3. The Hall–Kier alpha value is -2.85. The molecule has 154 valence electrons. The molecule has 0 fully saturated rings. The number of ether oxygens (including phenoxy) is 1. The molecule has 0 bridgehead atoms. The molecule has 0 unspecified atom stereocenters. The average Bonchev–Trinajstić information content (AvgIpc) is 2.70. The van der Waals surface area contributed by atoms with Gasteiger partial charge < -0.3 is 14.3 Å². The topological polar surface area (TPSA) is 59.7 Å². The van der Waals surface area contributed by atoms with Gasteiger partial charge in [-0.05, 0) is 43.4 Å². The van der Waals surface area contributed by atoms with Crippen LogP contribution in [0.25, 0.3) is 11.0 Å². The molecule has 1 N–H and O–H groups in total. The van der Waals surface area contributed by atoms with Crippen molar-refractivity contribution >= 4 is 11.0 Å². The summed E-state index contributed by atoms with van der Waals surface area (Å²) in [6, 6.07) is 8.66. The van der Waals surface area contributed by atoms with E-state index in [0.717, 1.165) is 18.2 Å². The Morgan fingerprint density at radius 1 is 1.07 bits per heavy atom. The van der Waals surface area contributed by atoms with E-state index in [-0.39, 0.29) is 5.63 Å². The monoisotopic (exact) mass is 394 g/mol. The Bertz CT molecular complexity index is 918. The van der Waals surface area contributed by atoms with E-state index in [1.165, 1.54) is 6.07 Å². The minimum absolute atomic E-state index is 0.362. The van der Waals surface area contributed by atoms with Gasteiger partial charge in [0.1, 0.15) is 11.3 Å². The second-order valence-corrected chi connectivity index (χ2v) is 6.91. The highest BCUT2D eigenvalue weighted by atomic mass is 16.5. The van der Waals surface area contributed by atoms with Crippen LogP contribution >= 0.6 is 0 Å². The zero-order chi connectivity index (χ0) is 20.9. The molecule has 29 heavy (non-hydrogen) atoms. The molecule has 2 rings (SSSR count). The summed E-state index contributed by atoms with van der Waals surface area (Å²) in [5.74, 6) is 1.06. The summed E-state index contributed by atoms with van der Waals surface area (Å²) in [4.78, 5) is 11.3. The lowest BCUT2D eigenvalue weighted by molar-refractivity contribution is 0.227. The molecular weight excluding hydrogens is 364 g/mol. The molecule has 0 saturated heterocycles. The van der Waals surface area contributed by atoms with Crippen molar-refractivity contribution in [1.29, 1.82) is 0 Å². The second kappa shape index (κ2) is 12.6. The maximum absolute atomic E-state index is 11.3. The summed E-state index contributed by atoms with van der Waals surface area (Å²) in [5, 5.41) is 10.6. The summed E-state index contributed by atoms with van der Waals surface area (Å²) in [6.45, 7) is 4.78. The van der Waals surface area contributed by atoms with Crippen LogP contribution in [0.5, 0.6) is 5.75 Å². The minimum Gasteiger partial charge on any atom is -0.493 e. The van der Waals surface area contributed by atoms with Gasteiger partial charge in [0.15, 0.2) is 0 Å². The van der Waals surface area contributed by atoms with Crippen LogP contribution in [-0.2, 0) is 0 Å². The van der Waals surface area contributed by atoms with Gasteiger partial charge in [-0.3, -0.25) is 0 Å². The number of fused-ring (bicyclic) bond motifs is 1. The molecule has 1 aromatic carbocycles. The molecule has 0 aliphatic heterocycles. The van der Waals surface area contributed by atoms with E-state index < -0.39 is 6.10 Å². The Labute approximate surface area is 172 Å². The second-order valence-electron chi connectivity index (χ2n) is 6.91. The van der Waals surface area contributed by atoms with Crippen LogP contribution in [0.4, 0.5) is 0 Å². The van der Waals surface area contributed by atoms with Gasteiger partial charge in [0.05, 0.1) is 12.7 Å². The van der Waals surface area contributed by atoms with E-state index in [9.17, 15) is 9.90 Å². The number of rotatable bonds is 11. The van der Waals surface area contributed by atoms with Crippen LogP contribution in [0.15, 0.2) is 88.2 Å². The highest BCUT2D eigenvalue weighted by molar-refractivity contribution is 5.77. The number of allylic oxidation sites excluding steroid dienone is 6. The van der Waals surface area contributed by atoms with Gasteiger partial charge in [-0.1, -0.05) is 62.5 Å². The number of aliphatic hydroxyl groups excluding tert-OH is 1. The molecule has 1 aromatic heterocycles. The van der Waals surface area contributed by atoms with Crippen LogP contribution < -0.4 is 10.4 Å². The van der Waals surface area contributed by atoms with Gasteiger partial charge in [-0.2, -0.15) is 0 Å². The molecule has 4 nitrogen and oxygen atoms in total. The summed E-state index contributed by atoms with van der Waals surface area (Å²) >= 11 is 0. The fourth-order valence-corrected chi connectivity index (χ4v) is 2.65. The van der Waals surface area contributed by atoms with Crippen molar-refractivity contribution in [2.24, 2.45) is 5.92 Å². The van der Waals surface area contributed by atoms with E-state index in [0.29, 0.717) is 30.3 Å². The van der Waals surface area contributed by atoms with Gasteiger partial charge in [-0.25, -0.2) is 4.79 Å². The van der Waals surface area contributed by atoms with E-state index in [4.69, 9.17) is 9.15 Å². The largest absolute Gasteiger partial charge is 0.493 e. The molecule has 0 amide bonds. The third-order valence-corrected chi connectivity index (χ3v) is 4.32. The Morgan fingerprint density at radius 3 is 2.62 bits per heavy atom. The first-order valence-corrected chi connectivity index (χ1v) is 10.1. The average molecular weight is 395 g/mol. The molecule has 0 aliphatic rings. The highest BCUT2D eigenvalue weighted by Crippen LogP contribution is 2.20. The lowest BCUT2D eigenvalue weighted by atomic mass is 10.1. The first-order valence-electron chi connectivity index (χ1n) is 10.1. The van der Waals surface area contributed by atoms with Gasteiger partial charge in [0, 0.05) is 17.5 Å².